The largest absolute Gasteiger partial charge is 0.496 e. The normalized spacial score (nSPS) is 25.8. The van der Waals surface area contributed by atoms with Gasteiger partial charge in [0, 0.05) is 17.6 Å². The highest BCUT2D eigenvalue weighted by atomic mass is 19.4. The molecule has 0 N–H and O–H groups in total. The molecule has 5 heteroatoms. The Hall–Kier alpha value is -1.49. The monoisotopic (exact) mass is 311 g/mol. The molecule has 22 heavy (non-hydrogen) atoms. The number of benzene rings is 1. The summed E-state index contributed by atoms with van der Waals surface area (Å²) in [5, 5.41) is 0. The third-order valence-electron chi connectivity index (χ3n) is 4.86. The van der Waals surface area contributed by atoms with Gasteiger partial charge in [-0.2, -0.15) is 13.2 Å². The number of piperidine rings is 1. The molecule has 2 aliphatic rings. The summed E-state index contributed by atoms with van der Waals surface area (Å²) in [6.45, 7) is 0. The lowest BCUT2D eigenvalue weighted by atomic mass is 9.83. The van der Waals surface area contributed by atoms with Gasteiger partial charge in [-0.05, 0) is 44.0 Å². The second-order valence-electron chi connectivity index (χ2n) is 6.13. The first kappa shape index (κ1) is 15.4. The van der Waals surface area contributed by atoms with Crippen LogP contribution in [0.1, 0.15) is 36.8 Å². The van der Waals surface area contributed by atoms with E-state index in [-0.39, 0.29) is 0 Å². The number of ether oxygens (including phenoxy) is 1. The molecule has 0 saturated carbocycles. The van der Waals surface area contributed by atoms with Gasteiger partial charge in [-0.15, -0.1) is 0 Å². The summed E-state index contributed by atoms with van der Waals surface area (Å²) in [4.78, 5) is 2.38. The first-order chi connectivity index (χ1) is 10.4. The standard InChI is InChI=1S/C17H20F3NO/c1-21-13-4-3-5-14(21)9-11(8-13)15-7-6-12(17(18,19)20)10-16(15)22-2/h6-8,10,13-14H,3-5,9H2,1-2H3. The van der Waals surface area contributed by atoms with Crippen LogP contribution in [0, 0.1) is 0 Å². The van der Waals surface area contributed by atoms with E-state index in [0.717, 1.165) is 42.5 Å². The van der Waals surface area contributed by atoms with Crippen molar-refractivity contribution in [3.8, 4) is 5.75 Å². The Bertz CT molecular complexity index is 594. The first-order valence-corrected chi connectivity index (χ1v) is 7.58. The molecule has 1 aromatic rings. The van der Waals surface area contributed by atoms with E-state index in [0.29, 0.717) is 17.8 Å². The summed E-state index contributed by atoms with van der Waals surface area (Å²) in [5.74, 6) is 0.309. The van der Waals surface area contributed by atoms with Gasteiger partial charge in [-0.3, -0.25) is 4.90 Å². The fraction of sp³-hybridized carbons (Fsp3) is 0.529. The molecule has 0 radical (unpaired) electrons. The highest BCUT2D eigenvalue weighted by molar-refractivity contribution is 5.72. The number of fused-ring (bicyclic) bond motifs is 2. The molecule has 0 spiro atoms. The predicted molar refractivity (Wildman–Crippen MR) is 79.8 cm³/mol. The zero-order valence-electron chi connectivity index (χ0n) is 12.8. The lowest BCUT2D eigenvalue weighted by molar-refractivity contribution is -0.137. The molecule has 2 nitrogen and oxygen atoms in total. The fourth-order valence-corrected chi connectivity index (χ4v) is 3.57. The van der Waals surface area contributed by atoms with E-state index in [1.165, 1.54) is 13.5 Å². The molecule has 2 unspecified atom stereocenters. The minimum atomic E-state index is -4.34. The molecule has 2 atom stereocenters. The quantitative estimate of drug-likeness (QED) is 0.805. The number of likely N-dealkylation sites (N-methyl/N-ethyl adjacent to an activating group) is 1. The molecule has 2 heterocycles. The molecule has 0 aliphatic carbocycles. The average Bonchev–Trinajstić information content (AvgIpc) is 2.45. The molecule has 0 aromatic heterocycles. The van der Waals surface area contributed by atoms with Crippen molar-refractivity contribution in [3.63, 3.8) is 0 Å². The molecule has 2 aliphatic heterocycles. The Morgan fingerprint density at radius 2 is 2.00 bits per heavy atom. The summed E-state index contributed by atoms with van der Waals surface area (Å²) in [7, 11) is 3.56. The predicted octanol–water partition coefficient (Wildman–Crippen LogP) is 4.35. The van der Waals surface area contributed by atoms with E-state index in [2.05, 4.69) is 18.0 Å². The summed E-state index contributed by atoms with van der Waals surface area (Å²) in [5.41, 5.74) is 1.24. The topological polar surface area (TPSA) is 12.5 Å². The summed E-state index contributed by atoms with van der Waals surface area (Å²) >= 11 is 0. The number of methoxy groups -OCH3 is 1. The van der Waals surface area contributed by atoms with E-state index in [1.807, 2.05) is 0 Å². The maximum absolute atomic E-state index is 12.8. The molecular formula is C17H20F3NO. The summed E-state index contributed by atoms with van der Waals surface area (Å²) in [6.07, 6.45) is 2.19. The van der Waals surface area contributed by atoms with Gasteiger partial charge in [0.15, 0.2) is 0 Å². The van der Waals surface area contributed by atoms with Crippen LogP contribution >= 0.6 is 0 Å². The molecule has 1 saturated heterocycles. The molecule has 0 amide bonds. The van der Waals surface area contributed by atoms with Gasteiger partial charge in [0.05, 0.1) is 12.7 Å². The van der Waals surface area contributed by atoms with Crippen LogP contribution in [-0.4, -0.2) is 31.1 Å². The number of nitrogens with zero attached hydrogens (tertiary/aromatic N) is 1. The number of rotatable bonds is 2. The van der Waals surface area contributed by atoms with Crippen molar-refractivity contribution in [1.82, 2.24) is 4.90 Å². The van der Waals surface area contributed by atoms with Crippen LogP contribution in [0.2, 0.25) is 0 Å². The van der Waals surface area contributed by atoms with E-state index >= 15 is 0 Å². The molecule has 1 fully saturated rings. The number of hydrogen-bond acceptors (Lipinski definition) is 2. The summed E-state index contributed by atoms with van der Waals surface area (Å²) < 4.78 is 43.8. The zero-order valence-corrected chi connectivity index (χ0v) is 12.8. The number of hydrogen-bond donors (Lipinski definition) is 0. The smallest absolute Gasteiger partial charge is 0.416 e. The van der Waals surface area contributed by atoms with E-state index < -0.39 is 11.7 Å². The third-order valence-corrected chi connectivity index (χ3v) is 4.86. The van der Waals surface area contributed by atoms with Crippen molar-refractivity contribution >= 4 is 5.57 Å². The van der Waals surface area contributed by atoms with Crippen molar-refractivity contribution in [3.05, 3.63) is 35.4 Å². The maximum Gasteiger partial charge on any atom is 0.416 e. The Labute approximate surface area is 128 Å². The minimum Gasteiger partial charge on any atom is -0.496 e. The molecule has 120 valence electrons. The highest BCUT2D eigenvalue weighted by Gasteiger charge is 2.34. The van der Waals surface area contributed by atoms with Crippen LogP contribution in [0.5, 0.6) is 5.75 Å². The van der Waals surface area contributed by atoms with E-state index in [1.54, 1.807) is 6.07 Å². The second-order valence-corrected chi connectivity index (χ2v) is 6.13. The van der Waals surface area contributed by atoms with Crippen LogP contribution in [0.25, 0.3) is 5.57 Å². The molecule has 1 aromatic carbocycles. The van der Waals surface area contributed by atoms with E-state index in [9.17, 15) is 13.2 Å². The van der Waals surface area contributed by atoms with Gasteiger partial charge in [0.1, 0.15) is 5.75 Å². The van der Waals surface area contributed by atoms with Crippen LogP contribution in [0.4, 0.5) is 13.2 Å². The zero-order chi connectivity index (χ0) is 15.9. The van der Waals surface area contributed by atoms with Gasteiger partial charge >= 0.3 is 6.18 Å². The Morgan fingerprint density at radius 1 is 1.23 bits per heavy atom. The van der Waals surface area contributed by atoms with Crippen molar-refractivity contribution in [2.75, 3.05) is 14.2 Å². The molecule has 3 rings (SSSR count). The van der Waals surface area contributed by atoms with Gasteiger partial charge < -0.3 is 4.74 Å². The maximum atomic E-state index is 12.8. The lowest BCUT2D eigenvalue weighted by Crippen LogP contribution is -2.45. The molecule has 2 bridgehead atoms. The average molecular weight is 311 g/mol. The number of halogens is 3. The fourth-order valence-electron chi connectivity index (χ4n) is 3.57. The second kappa shape index (κ2) is 5.61. The van der Waals surface area contributed by atoms with Gasteiger partial charge in [0.25, 0.3) is 0 Å². The Balaban J connectivity index is 1.98. The van der Waals surface area contributed by atoms with Gasteiger partial charge in [-0.25, -0.2) is 0 Å². The van der Waals surface area contributed by atoms with Crippen molar-refractivity contribution in [2.45, 2.75) is 43.9 Å². The van der Waals surface area contributed by atoms with E-state index in [4.69, 9.17) is 4.74 Å². The molecular weight excluding hydrogens is 291 g/mol. The highest BCUT2D eigenvalue weighted by Crippen LogP contribution is 2.41. The van der Waals surface area contributed by atoms with Crippen LogP contribution in [-0.2, 0) is 6.18 Å². The lowest BCUT2D eigenvalue weighted by Gasteiger charge is -2.43. The first-order valence-electron chi connectivity index (χ1n) is 7.58. The van der Waals surface area contributed by atoms with Crippen molar-refractivity contribution in [1.29, 1.82) is 0 Å². The van der Waals surface area contributed by atoms with Crippen molar-refractivity contribution < 1.29 is 17.9 Å². The SMILES string of the molecule is COc1cc(C(F)(F)F)ccc1C1=CC2CCCC(C1)N2C. The van der Waals surface area contributed by atoms with Crippen LogP contribution < -0.4 is 4.74 Å². The summed E-state index contributed by atoms with van der Waals surface area (Å²) in [6, 6.07) is 4.66. The van der Waals surface area contributed by atoms with Gasteiger partial charge in [0.2, 0.25) is 0 Å². The Morgan fingerprint density at radius 3 is 2.64 bits per heavy atom. The third kappa shape index (κ3) is 2.74. The van der Waals surface area contributed by atoms with Crippen molar-refractivity contribution in [2.24, 2.45) is 0 Å². The van der Waals surface area contributed by atoms with Gasteiger partial charge in [-0.1, -0.05) is 18.6 Å². The minimum absolute atomic E-state index is 0.309. The Kier molecular flexibility index (Phi) is 3.93. The van der Waals surface area contributed by atoms with Crippen LogP contribution in [0.3, 0.4) is 0 Å². The van der Waals surface area contributed by atoms with Crippen LogP contribution in [0.15, 0.2) is 24.3 Å². The number of alkyl halides is 3.